The first-order valence-corrected chi connectivity index (χ1v) is 6.72. The van der Waals surface area contributed by atoms with Crippen molar-refractivity contribution in [2.75, 3.05) is 6.61 Å². The number of carboxylic acids is 1. The van der Waals surface area contributed by atoms with Gasteiger partial charge in [-0.3, -0.25) is 0 Å². The van der Waals surface area contributed by atoms with Gasteiger partial charge in [-0.15, -0.1) is 0 Å². The first-order chi connectivity index (χ1) is 10.5. The predicted octanol–water partition coefficient (Wildman–Crippen LogP) is 3.82. The molecule has 0 aromatic heterocycles. The van der Waals surface area contributed by atoms with Crippen LogP contribution in [-0.4, -0.2) is 22.8 Å². The van der Waals surface area contributed by atoms with Crippen LogP contribution < -0.4 is 0 Å². The van der Waals surface area contributed by atoms with Crippen molar-refractivity contribution in [3.63, 3.8) is 0 Å². The zero-order chi connectivity index (χ0) is 17.2. The number of allylic oxidation sites excluding steroid dienone is 2. The standard InChI is InChI=1S/C8H8.C7H12O3.C3H3N/c1-2-8-6-4-3-5-7-8;1-6(7(9)10)4-2-3-5-8;1-2-3-4/h2-7H,1H2;4,8H,2-3,5H2,1H3,(H,9,10);2H,1H2. The molecule has 4 heteroatoms. The molecular weight excluding hydrogens is 278 g/mol. The smallest absolute Gasteiger partial charge is 0.330 e. The largest absolute Gasteiger partial charge is 0.478 e. The quantitative estimate of drug-likeness (QED) is 0.492. The van der Waals surface area contributed by atoms with Gasteiger partial charge in [0.05, 0.1) is 6.07 Å². The first-order valence-electron chi connectivity index (χ1n) is 6.72. The Balaban J connectivity index is 0. The van der Waals surface area contributed by atoms with Crippen LogP contribution in [0.15, 0.2) is 61.2 Å². The summed E-state index contributed by atoms with van der Waals surface area (Å²) in [4.78, 5) is 10.2. The van der Waals surface area contributed by atoms with E-state index in [0.29, 0.717) is 18.4 Å². The van der Waals surface area contributed by atoms with Gasteiger partial charge in [0.15, 0.2) is 0 Å². The monoisotopic (exact) mass is 301 g/mol. The topological polar surface area (TPSA) is 81.3 Å². The van der Waals surface area contributed by atoms with E-state index in [0.717, 1.165) is 0 Å². The molecule has 0 heterocycles. The molecule has 118 valence electrons. The highest BCUT2D eigenvalue weighted by molar-refractivity contribution is 5.85. The lowest BCUT2D eigenvalue weighted by molar-refractivity contribution is -0.132. The minimum absolute atomic E-state index is 0.114. The first kappa shape index (κ1) is 21.7. The Bertz CT molecular complexity index is 499. The fourth-order valence-electron chi connectivity index (χ4n) is 1.09. The minimum atomic E-state index is -0.891. The van der Waals surface area contributed by atoms with Gasteiger partial charge in [-0.05, 0) is 25.3 Å². The molecule has 0 aliphatic rings. The molecule has 0 fully saturated rings. The van der Waals surface area contributed by atoms with Gasteiger partial charge in [0.25, 0.3) is 0 Å². The lowest BCUT2D eigenvalue weighted by Gasteiger charge is -1.91. The van der Waals surface area contributed by atoms with Crippen molar-refractivity contribution in [3.05, 3.63) is 66.8 Å². The normalized spacial score (nSPS) is 9.05. The van der Waals surface area contributed by atoms with E-state index in [1.165, 1.54) is 11.6 Å². The molecule has 0 spiro atoms. The summed E-state index contributed by atoms with van der Waals surface area (Å²) in [5.74, 6) is -0.891. The molecule has 4 nitrogen and oxygen atoms in total. The molecule has 0 aliphatic heterocycles. The summed E-state index contributed by atoms with van der Waals surface area (Å²) in [6, 6.07) is 11.7. The van der Waals surface area contributed by atoms with Crippen molar-refractivity contribution in [2.45, 2.75) is 19.8 Å². The van der Waals surface area contributed by atoms with Gasteiger partial charge in [-0.25, -0.2) is 4.79 Å². The van der Waals surface area contributed by atoms with Crippen molar-refractivity contribution < 1.29 is 15.0 Å². The molecule has 0 aliphatic carbocycles. The predicted molar refractivity (Wildman–Crippen MR) is 90.1 cm³/mol. The maximum Gasteiger partial charge on any atom is 0.330 e. The minimum Gasteiger partial charge on any atom is -0.478 e. The van der Waals surface area contributed by atoms with Crippen molar-refractivity contribution in [3.8, 4) is 6.07 Å². The highest BCUT2D eigenvalue weighted by Gasteiger charge is 1.96. The third-order valence-electron chi connectivity index (χ3n) is 2.28. The number of hydrogen-bond acceptors (Lipinski definition) is 3. The Labute approximate surface area is 132 Å². The van der Waals surface area contributed by atoms with Gasteiger partial charge < -0.3 is 10.2 Å². The van der Waals surface area contributed by atoms with Crippen LogP contribution >= 0.6 is 0 Å². The summed E-state index contributed by atoms with van der Waals surface area (Å²) in [5, 5.41) is 24.2. The van der Waals surface area contributed by atoms with Gasteiger partial charge >= 0.3 is 5.97 Å². The zero-order valence-electron chi connectivity index (χ0n) is 12.9. The van der Waals surface area contributed by atoms with Gasteiger partial charge in [0.1, 0.15) is 0 Å². The van der Waals surface area contributed by atoms with Crippen LogP contribution in [0.25, 0.3) is 6.08 Å². The van der Waals surface area contributed by atoms with Crippen LogP contribution in [0.1, 0.15) is 25.3 Å². The summed E-state index contributed by atoms with van der Waals surface area (Å²) >= 11 is 0. The van der Waals surface area contributed by atoms with Crippen molar-refractivity contribution in [1.82, 2.24) is 0 Å². The Hall–Kier alpha value is -2.64. The Kier molecular flexibility index (Phi) is 16.2. The summed E-state index contributed by atoms with van der Waals surface area (Å²) < 4.78 is 0. The van der Waals surface area contributed by atoms with Crippen LogP contribution in [0.4, 0.5) is 0 Å². The SMILES string of the molecule is C=CC#N.C=Cc1ccccc1.CC(=CCCCO)C(=O)O. The molecule has 22 heavy (non-hydrogen) atoms. The molecule has 0 saturated carbocycles. The number of unbranched alkanes of at least 4 members (excludes halogenated alkanes) is 1. The van der Waals surface area contributed by atoms with E-state index in [1.807, 2.05) is 36.4 Å². The van der Waals surface area contributed by atoms with Gasteiger partial charge in [0.2, 0.25) is 0 Å². The molecule has 0 radical (unpaired) electrons. The van der Waals surface area contributed by atoms with Crippen LogP contribution in [0, 0.1) is 11.3 Å². The summed E-state index contributed by atoms with van der Waals surface area (Å²) in [5.41, 5.74) is 1.51. The van der Waals surface area contributed by atoms with E-state index in [-0.39, 0.29) is 6.61 Å². The highest BCUT2D eigenvalue weighted by atomic mass is 16.4. The third-order valence-corrected chi connectivity index (χ3v) is 2.28. The molecule has 2 N–H and O–H groups in total. The number of benzene rings is 1. The molecule has 1 aromatic rings. The number of aliphatic hydroxyl groups is 1. The van der Waals surface area contributed by atoms with E-state index >= 15 is 0 Å². The van der Waals surface area contributed by atoms with Crippen molar-refractivity contribution >= 4 is 12.0 Å². The highest BCUT2D eigenvalue weighted by Crippen LogP contribution is 1.98. The maximum absolute atomic E-state index is 10.2. The van der Waals surface area contributed by atoms with Crippen LogP contribution in [0.2, 0.25) is 0 Å². The van der Waals surface area contributed by atoms with Crippen LogP contribution in [0.3, 0.4) is 0 Å². The maximum atomic E-state index is 10.2. The summed E-state index contributed by atoms with van der Waals surface area (Å²) in [6.07, 6.45) is 5.89. The van der Waals surface area contributed by atoms with Gasteiger partial charge in [-0.1, -0.05) is 55.6 Å². The molecule has 1 rings (SSSR count). The summed E-state index contributed by atoms with van der Waals surface area (Å²) in [7, 11) is 0. The lowest BCUT2D eigenvalue weighted by atomic mass is 10.2. The molecular formula is C18H23NO3. The number of nitriles is 1. The van der Waals surface area contributed by atoms with E-state index in [1.54, 1.807) is 19.1 Å². The number of aliphatic hydroxyl groups excluding tert-OH is 1. The van der Waals surface area contributed by atoms with Crippen molar-refractivity contribution in [2.24, 2.45) is 0 Å². The molecule has 0 saturated heterocycles. The molecule has 0 bridgehead atoms. The lowest BCUT2D eigenvalue weighted by Crippen LogP contribution is -1.95. The van der Waals surface area contributed by atoms with E-state index in [4.69, 9.17) is 15.5 Å². The summed E-state index contributed by atoms with van der Waals surface area (Å²) in [6.45, 7) is 8.40. The second-order valence-corrected chi connectivity index (χ2v) is 4.01. The molecule has 1 aromatic carbocycles. The number of carboxylic acid groups (broad SMARTS) is 1. The number of carbonyl (C=O) groups is 1. The second kappa shape index (κ2) is 16.4. The Morgan fingerprint density at radius 2 is 1.86 bits per heavy atom. The molecule has 0 atom stereocenters. The third kappa shape index (κ3) is 15.4. The zero-order valence-corrected chi connectivity index (χ0v) is 12.9. The van der Waals surface area contributed by atoms with Crippen molar-refractivity contribution in [1.29, 1.82) is 5.26 Å². The van der Waals surface area contributed by atoms with E-state index in [9.17, 15) is 4.79 Å². The van der Waals surface area contributed by atoms with Crippen LogP contribution in [0.5, 0.6) is 0 Å². The fourth-order valence-corrected chi connectivity index (χ4v) is 1.09. The number of rotatable bonds is 5. The van der Waals surface area contributed by atoms with Crippen LogP contribution in [-0.2, 0) is 4.79 Å². The van der Waals surface area contributed by atoms with Gasteiger partial charge in [-0.2, -0.15) is 5.26 Å². The number of hydrogen-bond donors (Lipinski definition) is 2. The Morgan fingerprint density at radius 1 is 1.32 bits per heavy atom. The Morgan fingerprint density at radius 3 is 2.18 bits per heavy atom. The van der Waals surface area contributed by atoms with Gasteiger partial charge in [0, 0.05) is 18.3 Å². The second-order valence-electron chi connectivity index (χ2n) is 4.01. The molecule has 0 amide bonds. The average Bonchev–Trinajstić information content (AvgIpc) is 2.56. The van der Waals surface area contributed by atoms with E-state index < -0.39 is 5.97 Å². The number of nitrogens with zero attached hydrogens (tertiary/aromatic N) is 1. The fraction of sp³-hybridized carbons (Fsp3) is 0.222. The average molecular weight is 301 g/mol. The number of aliphatic carboxylic acids is 1. The van der Waals surface area contributed by atoms with E-state index in [2.05, 4.69) is 13.2 Å². The molecule has 0 unspecified atom stereocenters.